The van der Waals surface area contributed by atoms with Crippen molar-refractivity contribution in [3.05, 3.63) is 11.5 Å². The number of Topliss-reactive ketones (excluding diaryl/α,β-unsaturated/α-hetero) is 4. The van der Waals surface area contributed by atoms with Gasteiger partial charge in [-0.25, -0.2) is 4.79 Å². The van der Waals surface area contributed by atoms with E-state index in [2.05, 4.69) is 0 Å². The lowest BCUT2D eigenvalue weighted by atomic mass is 9.53. The molecular formula is C26H40O10. The molecule has 0 aliphatic carbocycles. The van der Waals surface area contributed by atoms with Crippen LogP contribution in [0.4, 0.5) is 0 Å². The first kappa shape index (κ1) is 31.4. The lowest BCUT2D eigenvalue weighted by molar-refractivity contribution is -0.238. The number of hydrogen-bond acceptors (Lipinski definition) is 10. The Balaban J connectivity index is 4.65. The molecule has 1 rings (SSSR count). The van der Waals surface area contributed by atoms with Gasteiger partial charge >= 0.3 is 5.97 Å². The molecule has 1 heterocycles. The number of esters is 1. The van der Waals surface area contributed by atoms with E-state index in [1.54, 1.807) is 0 Å². The molecule has 1 aliphatic rings. The fourth-order valence-corrected chi connectivity index (χ4v) is 4.23. The lowest BCUT2D eigenvalue weighted by Crippen LogP contribution is -2.83. The highest BCUT2D eigenvalue weighted by Gasteiger charge is 2.83. The summed E-state index contributed by atoms with van der Waals surface area (Å²) in [5.41, 5.74) is -17.7. The highest BCUT2D eigenvalue weighted by atomic mass is 16.6. The molecule has 10 nitrogen and oxygen atoms in total. The maximum atomic E-state index is 14.1. The van der Waals surface area contributed by atoms with Gasteiger partial charge in [0.15, 0.2) is 28.9 Å². The van der Waals surface area contributed by atoms with Crippen molar-refractivity contribution in [2.24, 2.45) is 21.7 Å². The molecule has 204 valence electrons. The van der Waals surface area contributed by atoms with Gasteiger partial charge in [0.1, 0.15) is 0 Å². The summed E-state index contributed by atoms with van der Waals surface area (Å²) in [4.78, 5) is 68.3. The van der Waals surface area contributed by atoms with Crippen molar-refractivity contribution in [1.82, 2.24) is 0 Å². The van der Waals surface area contributed by atoms with Crippen LogP contribution in [0.25, 0.3) is 0 Å². The van der Waals surface area contributed by atoms with Crippen molar-refractivity contribution in [3.8, 4) is 0 Å². The molecule has 0 saturated carbocycles. The zero-order chi connectivity index (χ0) is 29.2. The van der Waals surface area contributed by atoms with Crippen LogP contribution in [0.15, 0.2) is 11.5 Å². The van der Waals surface area contributed by atoms with Crippen molar-refractivity contribution in [2.45, 2.75) is 99.9 Å². The predicted molar refractivity (Wildman–Crippen MR) is 129 cm³/mol. The van der Waals surface area contributed by atoms with Crippen LogP contribution in [-0.4, -0.2) is 66.3 Å². The zero-order valence-corrected chi connectivity index (χ0v) is 23.2. The first-order chi connectivity index (χ1) is 15.6. The Morgan fingerprint density at radius 3 is 1.19 bits per heavy atom. The van der Waals surface area contributed by atoms with E-state index in [1.807, 2.05) is 0 Å². The minimum absolute atomic E-state index is 1.27. The van der Waals surface area contributed by atoms with Gasteiger partial charge < -0.3 is 25.2 Å². The third-order valence-corrected chi connectivity index (χ3v) is 6.06. The van der Waals surface area contributed by atoms with Gasteiger partial charge in [0.05, 0.1) is 0 Å². The molecule has 0 fully saturated rings. The third kappa shape index (κ3) is 4.28. The van der Waals surface area contributed by atoms with Gasteiger partial charge in [0.2, 0.25) is 17.0 Å². The number of aliphatic hydroxyl groups excluding tert-OH is 2. The van der Waals surface area contributed by atoms with Crippen molar-refractivity contribution in [1.29, 1.82) is 0 Å². The van der Waals surface area contributed by atoms with Crippen LogP contribution < -0.4 is 0 Å². The van der Waals surface area contributed by atoms with Crippen molar-refractivity contribution >= 4 is 29.1 Å². The largest absolute Gasteiger partial charge is 0.504 e. The molecule has 0 unspecified atom stereocenters. The van der Waals surface area contributed by atoms with Crippen LogP contribution in [0.1, 0.15) is 83.1 Å². The molecule has 0 amide bonds. The normalized spacial score (nSPS) is 21.7. The van der Waals surface area contributed by atoms with E-state index in [1.165, 1.54) is 83.1 Å². The van der Waals surface area contributed by atoms with Crippen LogP contribution in [0, 0.1) is 21.7 Å². The Hall–Kier alpha value is -2.59. The molecule has 0 bridgehead atoms. The summed E-state index contributed by atoms with van der Waals surface area (Å²) in [5, 5.41) is 45.9. The molecule has 0 spiro atoms. The Morgan fingerprint density at radius 1 is 0.639 bits per heavy atom. The topological polar surface area (TPSA) is 175 Å². The monoisotopic (exact) mass is 512 g/mol. The molecule has 0 radical (unpaired) electrons. The summed E-state index contributed by atoms with van der Waals surface area (Å²) in [5.74, 6) is -10.3. The van der Waals surface area contributed by atoms with Gasteiger partial charge in [-0.3, -0.25) is 19.2 Å². The SMILES string of the molecule is CC(C)(C)C(=O)C(O)(C(=O)C(C)(C)C)[C@@](O)(C(=O)C(C)(C)C)[C@@]1(C(=O)C(C)(C)C)OC(=O)C(O)=C1O. The molecule has 0 aromatic carbocycles. The van der Waals surface area contributed by atoms with Crippen molar-refractivity contribution in [3.63, 3.8) is 0 Å². The second-order valence-electron chi connectivity index (χ2n) is 13.5. The summed E-state index contributed by atoms with van der Waals surface area (Å²) in [6.07, 6.45) is 0. The number of rotatable bonds is 6. The van der Waals surface area contributed by atoms with Crippen LogP contribution in [0.2, 0.25) is 0 Å². The molecule has 2 atom stereocenters. The van der Waals surface area contributed by atoms with E-state index in [0.717, 1.165) is 0 Å². The van der Waals surface area contributed by atoms with Gasteiger partial charge in [-0.15, -0.1) is 0 Å². The molecular weight excluding hydrogens is 472 g/mol. The zero-order valence-electron chi connectivity index (χ0n) is 23.2. The Bertz CT molecular complexity index is 1010. The summed E-state index contributed by atoms with van der Waals surface area (Å²) < 4.78 is 5.12. The van der Waals surface area contributed by atoms with E-state index in [-0.39, 0.29) is 0 Å². The highest BCUT2D eigenvalue weighted by molar-refractivity contribution is 6.23. The number of carbonyl (C=O) groups is 5. The molecule has 4 N–H and O–H groups in total. The maximum absolute atomic E-state index is 14.1. The number of aliphatic hydroxyl groups is 4. The molecule has 0 aromatic heterocycles. The van der Waals surface area contributed by atoms with Crippen LogP contribution in [0.3, 0.4) is 0 Å². The summed E-state index contributed by atoms with van der Waals surface area (Å²) >= 11 is 0. The summed E-state index contributed by atoms with van der Waals surface area (Å²) in [6, 6.07) is 0. The van der Waals surface area contributed by atoms with Gasteiger partial charge in [-0.2, -0.15) is 0 Å². The fourth-order valence-electron chi connectivity index (χ4n) is 4.23. The van der Waals surface area contributed by atoms with Crippen molar-refractivity contribution in [2.75, 3.05) is 0 Å². The van der Waals surface area contributed by atoms with Gasteiger partial charge in [0, 0.05) is 21.7 Å². The Labute approximate surface area is 211 Å². The number of ketones is 4. The number of hydrogen-bond donors (Lipinski definition) is 4. The number of carbonyl (C=O) groups excluding carboxylic acids is 5. The standard InChI is InChI=1S/C26H40O10/c1-20(2,3)16(30)24(34,17(31)21(4,5)6)26(35,19(33)23(10,11)12)25(18(32)22(7,8)9)14(28)13(27)15(29)36-25/h27-28,34-35H,1-12H3/t25-,26+/m1/s1. The predicted octanol–water partition coefficient (Wildman–Crippen LogP) is 2.53. The smallest absolute Gasteiger partial charge is 0.378 e. The van der Waals surface area contributed by atoms with E-state index < -0.39 is 79.1 Å². The van der Waals surface area contributed by atoms with E-state index in [9.17, 15) is 44.4 Å². The minimum Gasteiger partial charge on any atom is -0.504 e. The third-order valence-electron chi connectivity index (χ3n) is 6.06. The molecule has 0 aromatic rings. The molecule has 36 heavy (non-hydrogen) atoms. The van der Waals surface area contributed by atoms with E-state index in [0.29, 0.717) is 0 Å². The molecule has 0 saturated heterocycles. The van der Waals surface area contributed by atoms with Gasteiger partial charge in [0.25, 0.3) is 5.60 Å². The quantitative estimate of drug-likeness (QED) is 0.305. The number of ether oxygens (including phenoxy) is 1. The van der Waals surface area contributed by atoms with Crippen LogP contribution in [0.5, 0.6) is 0 Å². The summed E-state index contributed by atoms with van der Waals surface area (Å²) in [7, 11) is 0. The first-order valence-electron chi connectivity index (χ1n) is 11.6. The second kappa shape index (κ2) is 8.48. The van der Waals surface area contributed by atoms with Gasteiger partial charge in [-0.05, 0) is 0 Å². The Kier molecular flexibility index (Phi) is 7.40. The van der Waals surface area contributed by atoms with Crippen molar-refractivity contribution < 1.29 is 49.1 Å². The maximum Gasteiger partial charge on any atom is 0.378 e. The number of cyclic esters (lactones) is 1. The lowest BCUT2D eigenvalue weighted by Gasteiger charge is -2.53. The van der Waals surface area contributed by atoms with Gasteiger partial charge in [-0.1, -0.05) is 83.1 Å². The molecule has 10 heteroatoms. The molecule has 1 aliphatic heterocycles. The van der Waals surface area contributed by atoms with Crippen LogP contribution >= 0.6 is 0 Å². The van der Waals surface area contributed by atoms with E-state index >= 15 is 0 Å². The van der Waals surface area contributed by atoms with E-state index in [4.69, 9.17) is 4.74 Å². The van der Waals surface area contributed by atoms with Crippen LogP contribution in [-0.2, 0) is 28.7 Å². The fraction of sp³-hybridized carbons (Fsp3) is 0.731. The first-order valence-corrected chi connectivity index (χ1v) is 11.6. The Morgan fingerprint density at radius 2 is 0.972 bits per heavy atom. The average Bonchev–Trinajstić information content (AvgIpc) is 2.92. The summed E-state index contributed by atoms with van der Waals surface area (Å²) in [6.45, 7) is 15.6. The minimum atomic E-state index is -3.90. The highest BCUT2D eigenvalue weighted by Crippen LogP contribution is 2.53. The average molecular weight is 513 g/mol. The second-order valence-corrected chi connectivity index (χ2v) is 13.5.